The zero-order valence-corrected chi connectivity index (χ0v) is 8.84. The summed E-state index contributed by atoms with van der Waals surface area (Å²) in [5.41, 5.74) is 0.852. The monoisotopic (exact) mass is 206 g/mol. The highest BCUT2D eigenvalue weighted by Crippen LogP contribution is 2.30. The number of carbonyl (C=O) groups excluding carboxylic acids is 1. The largest absolute Gasteiger partial charge is 0.433 e. The van der Waals surface area contributed by atoms with E-state index in [1.165, 1.54) is 0 Å². The van der Waals surface area contributed by atoms with E-state index in [0.29, 0.717) is 0 Å². The standard InChI is InChI=1S/C12H14O3/c1-8(2)12-14-10(11(13)15-12)9-6-4-3-5-7-9/h3-8,10,12H,1-2H3. The third kappa shape index (κ3) is 2.02. The van der Waals surface area contributed by atoms with E-state index in [1.807, 2.05) is 44.2 Å². The van der Waals surface area contributed by atoms with Crippen LogP contribution in [0.4, 0.5) is 0 Å². The van der Waals surface area contributed by atoms with Gasteiger partial charge in [-0.05, 0) is 5.56 Å². The number of carbonyl (C=O) groups is 1. The van der Waals surface area contributed by atoms with Gasteiger partial charge in [-0.25, -0.2) is 4.79 Å². The number of ether oxygens (including phenoxy) is 2. The third-order valence-electron chi connectivity index (χ3n) is 2.36. The zero-order chi connectivity index (χ0) is 10.8. The molecule has 0 aromatic heterocycles. The highest BCUT2D eigenvalue weighted by Gasteiger charge is 2.37. The molecule has 3 heteroatoms. The predicted octanol–water partition coefficient (Wildman–Crippen LogP) is 2.28. The topological polar surface area (TPSA) is 35.5 Å². The van der Waals surface area contributed by atoms with E-state index in [2.05, 4.69) is 0 Å². The predicted molar refractivity (Wildman–Crippen MR) is 55.0 cm³/mol. The van der Waals surface area contributed by atoms with Gasteiger partial charge < -0.3 is 9.47 Å². The summed E-state index contributed by atoms with van der Waals surface area (Å²) in [5.74, 6) is -0.109. The molecule has 0 aliphatic carbocycles. The lowest BCUT2D eigenvalue weighted by molar-refractivity contribution is -0.146. The number of benzene rings is 1. The molecule has 2 atom stereocenters. The van der Waals surface area contributed by atoms with Gasteiger partial charge in [-0.1, -0.05) is 44.2 Å². The van der Waals surface area contributed by atoms with Crippen molar-refractivity contribution < 1.29 is 14.3 Å². The van der Waals surface area contributed by atoms with E-state index in [4.69, 9.17) is 9.47 Å². The van der Waals surface area contributed by atoms with Crippen LogP contribution in [0.15, 0.2) is 30.3 Å². The van der Waals surface area contributed by atoms with Gasteiger partial charge in [0.2, 0.25) is 6.29 Å². The first kappa shape index (κ1) is 10.2. The van der Waals surface area contributed by atoms with Gasteiger partial charge in [-0.15, -0.1) is 0 Å². The molecule has 1 aromatic carbocycles. The maximum Gasteiger partial charge on any atom is 0.342 e. The second-order valence-corrected chi connectivity index (χ2v) is 3.98. The molecule has 1 fully saturated rings. The minimum Gasteiger partial charge on any atom is -0.433 e. The van der Waals surface area contributed by atoms with Crippen LogP contribution in [0.3, 0.4) is 0 Å². The second-order valence-electron chi connectivity index (χ2n) is 3.98. The van der Waals surface area contributed by atoms with Crippen LogP contribution in [0.25, 0.3) is 0 Å². The van der Waals surface area contributed by atoms with Gasteiger partial charge >= 0.3 is 5.97 Å². The SMILES string of the molecule is CC(C)C1OC(=O)C(c2ccccc2)O1. The smallest absolute Gasteiger partial charge is 0.342 e. The van der Waals surface area contributed by atoms with E-state index in [0.717, 1.165) is 5.56 Å². The summed E-state index contributed by atoms with van der Waals surface area (Å²) in [4.78, 5) is 11.5. The minimum absolute atomic E-state index is 0.183. The Balaban J connectivity index is 2.16. The van der Waals surface area contributed by atoms with E-state index < -0.39 is 12.4 Å². The summed E-state index contributed by atoms with van der Waals surface area (Å²) >= 11 is 0. The molecule has 0 saturated carbocycles. The number of rotatable bonds is 2. The van der Waals surface area contributed by atoms with Crippen LogP contribution in [0.1, 0.15) is 25.5 Å². The van der Waals surface area contributed by atoms with Crippen LogP contribution in [0, 0.1) is 5.92 Å². The van der Waals surface area contributed by atoms with Gasteiger partial charge in [0.05, 0.1) is 0 Å². The van der Waals surface area contributed by atoms with Gasteiger partial charge in [-0.3, -0.25) is 0 Å². The van der Waals surface area contributed by atoms with Crippen molar-refractivity contribution in [1.82, 2.24) is 0 Å². The van der Waals surface area contributed by atoms with Crippen molar-refractivity contribution in [2.24, 2.45) is 5.92 Å². The summed E-state index contributed by atoms with van der Waals surface area (Å²) < 4.78 is 10.7. The van der Waals surface area contributed by atoms with Crippen molar-refractivity contribution in [3.8, 4) is 0 Å². The lowest BCUT2D eigenvalue weighted by Gasteiger charge is -2.12. The minimum atomic E-state index is -0.557. The zero-order valence-electron chi connectivity index (χ0n) is 8.84. The molecule has 0 amide bonds. The van der Waals surface area contributed by atoms with Gasteiger partial charge in [0, 0.05) is 5.92 Å². The van der Waals surface area contributed by atoms with E-state index in [-0.39, 0.29) is 11.9 Å². The molecule has 2 unspecified atom stereocenters. The van der Waals surface area contributed by atoms with Crippen molar-refractivity contribution in [3.63, 3.8) is 0 Å². The first-order valence-electron chi connectivity index (χ1n) is 5.09. The second kappa shape index (κ2) is 4.03. The average Bonchev–Trinajstić information content (AvgIpc) is 2.62. The first-order valence-corrected chi connectivity index (χ1v) is 5.09. The van der Waals surface area contributed by atoms with Crippen LogP contribution < -0.4 is 0 Å². The van der Waals surface area contributed by atoms with Gasteiger partial charge in [0.1, 0.15) is 0 Å². The van der Waals surface area contributed by atoms with Crippen LogP contribution in [0.2, 0.25) is 0 Å². The summed E-state index contributed by atoms with van der Waals surface area (Å²) in [6.45, 7) is 3.93. The molecule has 0 N–H and O–H groups in total. The normalized spacial score (nSPS) is 25.7. The molecule has 0 radical (unpaired) electrons. The van der Waals surface area contributed by atoms with E-state index in [9.17, 15) is 4.79 Å². The van der Waals surface area contributed by atoms with E-state index in [1.54, 1.807) is 0 Å². The summed E-state index contributed by atoms with van der Waals surface area (Å²) in [7, 11) is 0. The first-order chi connectivity index (χ1) is 7.18. The molecule has 2 rings (SSSR count). The number of hydrogen-bond acceptors (Lipinski definition) is 3. The molecule has 1 aliphatic heterocycles. The highest BCUT2D eigenvalue weighted by atomic mass is 16.8. The number of cyclic esters (lactones) is 1. The van der Waals surface area contributed by atoms with Crippen LogP contribution in [-0.4, -0.2) is 12.3 Å². The molecule has 1 aromatic rings. The summed E-state index contributed by atoms with van der Waals surface area (Å²) in [6, 6.07) is 9.41. The molecule has 80 valence electrons. The number of hydrogen-bond donors (Lipinski definition) is 0. The number of esters is 1. The van der Waals surface area contributed by atoms with Gasteiger partial charge in [0.15, 0.2) is 6.10 Å². The molecule has 1 heterocycles. The van der Waals surface area contributed by atoms with Crippen molar-refractivity contribution in [2.45, 2.75) is 26.2 Å². The van der Waals surface area contributed by atoms with Crippen molar-refractivity contribution in [1.29, 1.82) is 0 Å². The summed E-state index contributed by atoms with van der Waals surface area (Å²) in [6.07, 6.45) is -0.971. The van der Waals surface area contributed by atoms with Crippen LogP contribution in [0.5, 0.6) is 0 Å². The Morgan fingerprint density at radius 1 is 1.20 bits per heavy atom. The summed E-state index contributed by atoms with van der Waals surface area (Å²) in [5, 5.41) is 0. The Morgan fingerprint density at radius 2 is 1.87 bits per heavy atom. The Morgan fingerprint density at radius 3 is 2.40 bits per heavy atom. The van der Waals surface area contributed by atoms with Crippen molar-refractivity contribution in [2.75, 3.05) is 0 Å². The van der Waals surface area contributed by atoms with Crippen molar-refractivity contribution >= 4 is 5.97 Å². The average molecular weight is 206 g/mol. The molecule has 3 nitrogen and oxygen atoms in total. The van der Waals surface area contributed by atoms with E-state index >= 15 is 0 Å². The van der Waals surface area contributed by atoms with Crippen molar-refractivity contribution in [3.05, 3.63) is 35.9 Å². The Labute approximate surface area is 89.0 Å². The molecular weight excluding hydrogens is 192 g/mol. The molecule has 15 heavy (non-hydrogen) atoms. The molecule has 0 bridgehead atoms. The fourth-order valence-corrected chi connectivity index (χ4v) is 1.53. The van der Waals surface area contributed by atoms with Crippen LogP contribution >= 0.6 is 0 Å². The molecule has 1 aliphatic rings. The molecule has 1 saturated heterocycles. The fourth-order valence-electron chi connectivity index (χ4n) is 1.53. The quantitative estimate of drug-likeness (QED) is 0.696. The highest BCUT2D eigenvalue weighted by molar-refractivity contribution is 5.78. The van der Waals surface area contributed by atoms with Gasteiger partial charge in [-0.2, -0.15) is 0 Å². The Kier molecular flexibility index (Phi) is 2.73. The third-order valence-corrected chi connectivity index (χ3v) is 2.36. The maximum atomic E-state index is 11.5. The fraction of sp³-hybridized carbons (Fsp3) is 0.417. The lowest BCUT2D eigenvalue weighted by Crippen LogP contribution is -2.15. The maximum absolute atomic E-state index is 11.5. The van der Waals surface area contributed by atoms with Gasteiger partial charge in [0.25, 0.3) is 0 Å². The van der Waals surface area contributed by atoms with Crippen LogP contribution in [-0.2, 0) is 14.3 Å². The Hall–Kier alpha value is -1.35. The molecular formula is C12H14O3. The Bertz CT molecular complexity index is 345. The molecule has 0 spiro atoms. The lowest BCUT2D eigenvalue weighted by atomic mass is 10.1.